The van der Waals surface area contributed by atoms with Crippen molar-refractivity contribution in [3.05, 3.63) is 63.6 Å². The van der Waals surface area contributed by atoms with Gasteiger partial charge in [0, 0.05) is 20.6 Å². The van der Waals surface area contributed by atoms with E-state index < -0.39 is 0 Å². The summed E-state index contributed by atoms with van der Waals surface area (Å²) in [7, 11) is 0. The smallest absolute Gasteiger partial charge is 0.256 e. The van der Waals surface area contributed by atoms with Crippen molar-refractivity contribution in [1.82, 2.24) is 4.98 Å². The van der Waals surface area contributed by atoms with E-state index in [0.717, 1.165) is 10.0 Å². The van der Waals surface area contributed by atoms with E-state index in [4.69, 9.17) is 17.3 Å². The fourth-order valence-electron chi connectivity index (χ4n) is 2.00. The van der Waals surface area contributed by atoms with Gasteiger partial charge in [0.1, 0.15) is 10.7 Å². The predicted molar refractivity (Wildman–Crippen MR) is 99.1 cm³/mol. The number of benzene rings is 2. The zero-order valence-corrected chi connectivity index (χ0v) is 14.9. The summed E-state index contributed by atoms with van der Waals surface area (Å²) in [6.07, 6.45) is 0. The maximum atomic E-state index is 12.4. The van der Waals surface area contributed by atoms with Crippen LogP contribution < -0.4 is 11.1 Å². The van der Waals surface area contributed by atoms with E-state index in [0.29, 0.717) is 26.4 Å². The molecule has 3 N–H and O–H groups in total. The number of rotatable bonds is 3. The van der Waals surface area contributed by atoms with Crippen molar-refractivity contribution in [3.63, 3.8) is 0 Å². The Kier molecular flexibility index (Phi) is 4.66. The molecule has 0 bridgehead atoms. The average Bonchev–Trinajstić information content (AvgIpc) is 2.89. The molecule has 3 aromatic rings. The van der Waals surface area contributed by atoms with E-state index >= 15 is 0 Å². The van der Waals surface area contributed by atoms with Crippen LogP contribution in [0.3, 0.4) is 0 Å². The Hall–Kier alpha value is -1.89. The molecule has 0 radical (unpaired) electrons. The second-order valence-corrected chi connectivity index (χ2v) is 7.08. The molecule has 116 valence electrons. The van der Waals surface area contributed by atoms with Crippen LogP contribution in [-0.4, -0.2) is 10.9 Å². The number of amides is 1. The van der Waals surface area contributed by atoms with Gasteiger partial charge in [0.05, 0.1) is 0 Å². The predicted octanol–water partition coefficient (Wildman–Crippen LogP) is 5.06. The number of hydrogen-bond donors (Lipinski definition) is 2. The number of carbonyl (C=O) groups excluding carboxylic acids is 1. The molecular weight excluding hydrogens is 398 g/mol. The van der Waals surface area contributed by atoms with Gasteiger partial charge in [0.15, 0.2) is 5.13 Å². The highest BCUT2D eigenvalue weighted by Crippen LogP contribution is 2.35. The lowest BCUT2D eigenvalue weighted by atomic mass is 10.1. The standard InChI is InChI=1S/C16H11BrClN3OS/c17-11-5-1-10(2-6-11)14(22)21-15-13(20-16(19)23-15)9-3-7-12(18)8-4-9/h1-8H,(H2,19,20)(H,21,22). The molecule has 3 rings (SSSR count). The molecule has 0 saturated heterocycles. The highest BCUT2D eigenvalue weighted by atomic mass is 79.9. The number of thiazole rings is 1. The van der Waals surface area contributed by atoms with Crippen molar-refractivity contribution in [2.24, 2.45) is 0 Å². The van der Waals surface area contributed by atoms with Crippen LogP contribution in [0.25, 0.3) is 11.3 Å². The number of hydrogen-bond acceptors (Lipinski definition) is 4. The van der Waals surface area contributed by atoms with Crippen LogP contribution in [0.4, 0.5) is 10.1 Å². The highest BCUT2D eigenvalue weighted by molar-refractivity contribution is 9.10. The van der Waals surface area contributed by atoms with Crippen molar-refractivity contribution in [2.75, 3.05) is 11.1 Å². The van der Waals surface area contributed by atoms with Crippen molar-refractivity contribution in [1.29, 1.82) is 0 Å². The molecule has 0 aliphatic carbocycles. The third kappa shape index (κ3) is 3.72. The van der Waals surface area contributed by atoms with E-state index in [-0.39, 0.29) is 5.91 Å². The van der Waals surface area contributed by atoms with E-state index in [2.05, 4.69) is 26.2 Å². The Labute approximate surface area is 150 Å². The molecule has 23 heavy (non-hydrogen) atoms. The van der Waals surface area contributed by atoms with Gasteiger partial charge in [-0.1, -0.05) is 51.0 Å². The fourth-order valence-corrected chi connectivity index (χ4v) is 3.14. The van der Waals surface area contributed by atoms with Crippen LogP contribution in [0, 0.1) is 0 Å². The second kappa shape index (κ2) is 6.70. The molecule has 0 aliphatic rings. The molecule has 0 aliphatic heterocycles. The molecule has 1 aromatic heterocycles. The van der Waals surface area contributed by atoms with Crippen LogP contribution in [0.1, 0.15) is 10.4 Å². The van der Waals surface area contributed by atoms with Gasteiger partial charge in [-0.05, 0) is 36.4 Å². The zero-order chi connectivity index (χ0) is 16.4. The largest absolute Gasteiger partial charge is 0.375 e. The number of halogens is 2. The van der Waals surface area contributed by atoms with E-state index in [1.54, 1.807) is 24.3 Å². The lowest BCUT2D eigenvalue weighted by molar-refractivity contribution is 0.102. The number of carbonyl (C=O) groups is 1. The summed E-state index contributed by atoms with van der Waals surface area (Å²) in [4.78, 5) is 16.7. The summed E-state index contributed by atoms with van der Waals surface area (Å²) < 4.78 is 0.915. The topological polar surface area (TPSA) is 68.0 Å². The summed E-state index contributed by atoms with van der Waals surface area (Å²) in [6.45, 7) is 0. The number of nitrogens with one attached hydrogen (secondary N) is 1. The maximum Gasteiger partial charge on any atom is 0.256 e. The van der Waals surface area contributed by atoms with Gasteiger partial charge >= 0.3 is 0 Å². The summed E-state index contributed by atoms with van der Waals surface area (Å²) >= 11 is 10.5. The minimum absolute atomic E-state index is 0.212. The van der Waals surface area contributed by atoms with Crippen molar-refractivity contribution >= 4 is 54.9 Å². The molecule has 2 aromatic carbocycles. The van der Waals surface area contributed by atoms with E-state index in [1.165, 1.54) is 11.3 Å². The Morgan fingerprint density at radius 3 is 2.43 bits per heavy atom. The average molecular weight is 409 g/mol. The van der Waals surface area contributed by atoms with Crippen molar-refractivity contribution in [2.45, 2.75) is 0 Å². The van der Waals surface area contributed by atoms with Crippen LogP contribution in [0.2, 0.25) is 5.02 Å². The Bertz CT molecular complexity index is 847. The van der Waals surface area contributed by atoms with Gasteiger partial charge in [0.2, 0.25) is 0 Å². The second-order valence-electron chi connectivity index (χ2n) is 4.70. The SMILES string of the molecule is Nc1nc(-c2ccc(Cl)cc2)c(NC(=O)c2ccc(Br)cc2)s1. The molecule has 0 unspecified atom stereocenters. The van der Waals surface area contributed by atoms with Gasteiger partial charge in [-0.3, -0.25) is 4.79 Å². The number of nitrogens with zero attached hydrogens (tertiary/aromatic N) is 1. The molecular formula is C16H11BrClN3OS. The first kappa shape index (κ1) is 16.0. The third-order valence-electron chi connectivity index (χ3n) is 3.09. The van der Waals surface area contributed by atoms with Gasteiger partial charge in [0.25, 0.3) is 5.91 Å². The summed E-state index contributed by atoms with van der Waals surface area (Å²) in [5, 5.41) is 4.50. The monoisotopic (exact) mass is 407 g/mol. The summed E-state index contributed by atoms with van der Waals surface area (Å²) in [5.74, 6) is -0.212. The number of nitrogens with two attached hydrogens (primary N) is 1. The summed E-state index contributed by atoms with van der Waals surface area (Å²) in [6, 6.07) is 14.3. The minimum Gasteiger partial charge on any atom is -0.375 e. The fraction of sp³-hybridized carbons (Fsp3) is 0. The van der Waals surface area contributed by atoms with Crippen molar-refractivity contribution in [3.8, 4) is 11.3 Å². The van der Waals surface area contributed by atoms with Crippen LogP contribution in [-0.2, 0) is 0 Å². The Morgan fingerprint density at radius 1 is 1.13 bits per heavy atom. The molecule has 0 fully saturated rings. The molecule has 0 saturated carbocycles. The number of anilines is 2. The molecule has 7 heteroatoms. The van der Waals surface area contributed by atoms with Crippen LogP contribution in [0.15, 0.2) is 53.0 Å². The lowest BCUT2D eigenvalue weighted by Crippen LogP contribution is -2.11. The quantitative estimate of drug-likeness (QED) is 0.636. The molecule has 0 spiro atoms. The van der Waals surface area contributed by atoms with Gasteiger partial charge in [-0.15, -0.1) is 0 Å². The van der Waals surface area contributed by atoms with Gasteiger partial charge in [-0.25, -0.2) is 4.98 Å². The molecule has 1 heterocycles. The van der Waals surface area contributed by atoms with Crippen LogP contribution >= 0.6 is 38.9 Å². The maximum absolute atomic E-state index is 12.4. The van der Waals surface area contributed by atoms with Gasteiger partial charge in [-0.2, -0.15) is 0 Å². The Balaban J connectivity index is 1.90. The van der Waals surface area contributed by atoms with E-state index in [9.17, 15) is 4.79 Å². The normalized spacial score (nSPS) is 10.5. The lowest BCUT2D eigenvalue weighted by Gasteiger charge is -2.06. The van der Waals surface area contributed by atoms with Gasteiger partial charge < -0.3 is 11.1 Å². The first-order valence-electron chi connectivity index (χ1n) is 6.62. The van der Waals surface area contributed by atoms with E-state index in [1.807, 2.05) is 24.3 Å². The molecule has 1 amide bonds. The summed E-state index contributed by atoms with van der Waals surface area (Å²) in [5.41, 5.74) is 7.84. The number of nitrogen functional groups attached to an aromatic ring is 1. The molecule has 0 atom stereocenters. The minimum atomic E-state index is -0.212. The van der Waals surface area contributed by atoms with Crippen LogP contribution in [0.5, 0.6) is 0 Å². The van der Waals surface area contributed by atoms with Crippen molar-refractivity contribution < 1.29 is 4.79 Å². The Morgan fingerprint density at radius 2 is 1.78 bits per heavy atom. The first-order chi connectivity index (χ1) is 11.0. The first-order valence-corrected chi connectivity index (χ1v) is 8.61. The number of aromatic nitrogens is 1. The third-order valence-corrected chi connectivity index (χ3v) is 4.68. The molecule has 4 nitrogen and oxygen atoms in total. The highest BCUT2D eigenvalue weighted by Gasteiger charge is 2.15. The zero-order valence-electron chi connectivity index (χ0n) is 11.7.